The van der Waals surface area contributed by atoms with Crippen LogP contribution in [0.4, 0.5) is 4.39 Å². The van der Waals surface area contributed by atoms with Crippen molar-refractivity contribution < 1.29 is 28.0 Å². The molecule has 2 aromatic rings. The maximum absolute atomic E-state index is 16.3. The Kier molecular flexibility index (Phi) is 6.04. The van der Waals surface area contributed by atoms with Crippen LogP contribution in [0.5, 0.6) is 0 Å². The summed E-state index contributed by atoms with van der Waals surface area (Å²) in [6.45, 7) is 7.69. The standard InChI is InChI=1S/C26H32BFN2O5/c1-17(31)33-16-18-9-11-20(12-10-18)27-34-25(2,3)26(4,35-27)24(28)30-14-13-29-21-8-6-5-7-19(21)15-22(29)23(30)32/h9-12,15,24H,5-8,13-14,16H2,1-4H3. The van der Waals surface area contributed by atoms with Gasteiger partial charge in [0.25, 0.3) is 5.91 Å². The molecule has 1 saturated heterocycles. The molecule has 0 spiro atoms. The van der Waals surface area contributed by atoms with Gasteiger partial charge in [-0.15, -0.1) is 0 Å². The van der Waals surface area contributed by atoms with Gasteiger partial charge in [-0.25, -0.2) is 4.39 Å². The quantitative estimate of drug-likeness (QED) is 0.372. The molecule has 0 radical (unpaired) electrons. The molecule has 2 aliphatic heterocycles. The lowest BCUT2D eigenvalue weighted by Gasteiger charge is -2.44. The number of alkyl halides is 1. The third-order valence-corrected chi connectivity index (χ3v) is 7.82. The van der Waals surface area contributed by atoms with Gasteiger partial charge in [-0.05, 0) is 69.1 Å². The zero-order valence-corrected chi connectivity index (χ0v) is 20.8. The van der Waals surface area contributed by atoms with Gasteiger partial charge in [0.15, 0.2) is 0 Å². The van der Waals surface area contributed by atoms with Crippen molar-refractivity contribution in [2.24, 2.45) is 0 Å². The Morgan fingerprint density at radius 1 is 1.14 bits per heavy atom. The number of benzene rings is 1. The van der Waals surface area contributed by atoms with Gasteiger partial charge in [0.1, 0.15) is 17.9 Å². The Morgan fingerprint density at radius 3 is 2.57 bits per heavy atom. The van der Waals surface area contributed by atoms with Crippen LogP contribution in [0.2, 0.25) is 0 Å². The topological polar surface area (TPSA) is 70.0 Å². The van der Waals surface area contributed by atoms with Crippen LogP contribution in [0.3, 0.4) is 0 Å². The van der Waals surface area contributed by atoms with Crippen molar-refractivity contribution in [2.45, 2.75) is 84.0 Å². The molecule has 0 N–H and O–H groups in total. The molecule has 1 aromatic heterocycles. The summed E-state index contributed by atoms with van der Waals surface area (Å²) < 4.78 is 35.8. The molecule has 3 aliphatic rings. The second-order valence-corrected chi connectivity index (χ2v) is 10.4. The van der Waals surface area contributed by atoms with E-state index in [4.69, 9.17) is 14.0 Å². The average Bonchev–Trinajstić information content (AvgIpc) is 3.33. The molecule has 2 unspecified atom stereocenters. The number of aryl methyl sites for hydroxylation is 1. The maximum atomic E-state index is 16.3. The molecule has 1 aromatic carbocycles. The number of nitrogens with zero attached hydrogens (tertiary/aromatic N) is 2. The zero-order valence-electron chi connectivity index (χ0n) is 20.8. The summed E-state index contributed by atoms with van der Waals surface area (Å²) in [6, 6.07) is 9.24. The fourth-order valence-electron chi connectivity index (χ4n) is 5.38. The molecule has 0 bridgehead atoms. The lowest BCUT2D eigenvalue weighted by molar-refractivity contribution is -0.142. The predicted molar refractivity (Wildman–Crippen MR) is 129 cm³/mol. The molecule has 3 heterocycles. The highest BCUT2D eigenvalue weighted by Gasteiger charge is 2.61. The fourth-order valence-corrected chi connectivity index (χ4v) is 5.38. The van der Waals surface area contributed by atoms with Gasteiger partial charge in [-0.3, -0.25) is 9.59 Å². The van der Waals surface area contributed by atoms with Crippen molar-refractivity contribution in [2.75, 3.05) is 6.54 Å². The average molecular weight is 482 g/mol. The Balaban J connectivity index is 1.35. The summed E-state index contributed by atoms with van der Waals surface area (Å²) in [4.78, 5) is 25.8. The van der Waals surface area contributed by atoms with Crippen molar-refractivity contribution in [1.29, 1.82) is 0 Å². The summed E-state index contributed by atoms with van der Waals surface area (Å²) in [6.07, 6.45) is 2.53. The number of carbonyl (C=O) groups is 2. The van der Waals surface area contributed by atoms with Crippen LogP contribution in [0.1, 0.15) is 67.8 Å². The van der Waals surface area contributed by atoms with Crippen LogP contribution >= 0.6 is 0 Å². The van der Waals surface area contributed by atoms with Crippen molar-refractivity contribution in [3.8, 4) is 0 Å². The van der Waals surface area contributed by atoms with Crippen molar-refractivity contribution in [3.63, 3.8) is 0 Å². The Morgan fingerprint density at radius 2 is 1.86 bits per heavy atom. The summed E-state index contributed by atoms with van der Waals surface area (Å²) in [7, 11) is -0.785. The summed E-state index contributed by atoms with van der Waals surface area (Å²) >= 11 is 0. The predicted octanol–water partition coefficient (Wildman–Crippen LogP) is 3.16. The van der Waals surface area contributed by atoms with Crippen LogP contribution < -0.4 is 5.46 Å². The minimum absolute atomic E-state index is 0.181. The number of halogens is 1. The van der Waals surface area contributed by atoms with Gasteiger partial charge in [-0.1, -0.05) is 24.3 Å². The molecule has 1 fully saturated rings. The van der Waals surface area contributed by atoms with Crippen molar-refractivity contribution in [3.05, 3.63) is 52.8 Å². The molecule has 2 atom stereocenters. The number of hydrogen-bond donors (Lipinski definition) is 0. The van der Waals surface area contributed by atoms with Gasteiger partial charge in [0.2, 0.25) is 6.30 Å². The first kappa shape index (κ1) is 24.1. The van der Waals surface area contributed by atoms with Gasteiger partial charge in [-0.2, -0.15) is 0 Å². The number of rotatable bonds is 5. The Labute approximate surface area is 205 Å². The fraction of sp³-hybridized carbons (Fsp3) is 0.538. The van der Waals surface area contributed by atoms with E-state index in [0.717, 1.165) is 36.7 Å². The molecule has 35 heavy (non-hydrogen) atoms. The van der Waals surface area contributed by atoms with Gasteiger partial charge >= 0.3 is 13.1 Å². The molecule has 7 nitrogen and oxygen atoms in total. The van der Waals surface area contributed by atoms with Gasteiger partial charge < -0.3 is 23.5 Å². The van der Waals surface area contributed by atoms with Gasteiger partial charge in [0, 0.05) is 25.7 Å². The Hall–Kier alpha value is -2.65. The molecule has 1 aliphatic carbocycles. The second-order valence-electron chi connectivity index (χ2n) is 10.4. The van der Waals surface area contributed by atoms with E-state index < -0.39 is 24.6 Å². The molecular weight excluding hydrogens is 450 g/mol. The Bertz CT molecular complexity index is 1150. The van der Waals surface area contributed by atoms with Crippen LogP contribution in [0.15, 0.2) is 30.3 Å². The molecule has 9 heteroatoms. The molecule has 5 rings (SSSR count). The highest BCUT2D eigenvalue weighted by atomic mass is 19.1. The highest BCUT2D eigenvalue weighted by Crippen LogP contribution is 2.43. The maximum Gasteiger partial charge on any atom is 0.494 e. The van der Waals surface area contributed by atoms with Gasteiger partial charge in [0.05, 0.1) is 5.60 Å². The SMILES string of the molecule is CC(=O)OCc1ccc(B2OC(C)(C)C(C)(C(F)N3CCn4c(cc5c4CCCC5)C3=O)O2)cc1. The van der Waals surface area contributed by atoms with Crippen LogP contribution in [0, 0.1) is 0 Å². The van der Waals surface area contributed by atoms with Crippen molar-refractivity contribution >= 4 is 24.5 Å². The number of hydrogen-bond acceptors (Lipinski definition) is 5. The van der Waals surface area contributed by atoms with Crippen LogP contribution in [-0.4, -0.2) is 52.5 Å². The second kappa shape index (κ2) is 8.78. The van der Waals surface area contributed by atoms with Crippen LogP contribution in [-0.2, 0) is 44.8 Å². The smallest absolute Gasteiger partial charge is 0.461 e. The number of amides is 1. The van der Waals surface area contributed by atoms with E-state index in [0.29, 0.717) is 18.8 Å². The molecule has 186 valence electrons. The molecular formula is C26H32BFN2O5. The first-order valence-electron chi connectivity index (χ1n) is 12.3. The minimum atomic E-state index is -1.68. The first-order chi connectivity index (χ1) is 16.6. The first-order valence-corrected chi connectivity index (χ1v) is 12.3. The highest BCUT2D eigenvalue weighted by molar-refractivity contribution is 6.62. The lowest BCUT2D eigenvalue weighted by Crippen LogP contribution is -2.61. The zero-order chi connectivity index (χ0) is 25.0. The summed E-state index contributed by atoms with van der Waals surface area (Å²) in [5.74, 6) is -0.639. The van der Waals surface area contributed by atoms with E-state index in [1.807, 2.05) is 30.3 Å². The van der Waals surface area contributed by atoms with E-state index in [-0.39, 0.29) is 18.5 Å². The number of esters is 1. The number of aromatic nitrogens is 1. The molecule has 1 amide bonds. The summed E-state index contributed by atoms with van der Waals surface area (Å²) in [5, 5.41) is 0. The molecule has 0 saturated carbocycles. The largest absolute Gasteiger partial charge is 0.494 e. The number of fused-ring (bicyclic) bond motifs is 3. The van der Waals surface area contributed by atoms with E-state index in [1.54, 1.807) is 20.8 Å². The summed E-state index contributed by atoms with van der Waals surface area (Å²) in [5.41, 5.74) is 2.22. The van der Waals surface area contributed by atoms with E-state index >= 15 is 4.39 Å². The number of carbonyl (C=O) groups excluding carboxylic acids is 2. The van der Waals surface area contributed by atoms with E-state index in [1.165, 1.54) is 23.1 Å². The van der Waals surface area contributed by atoms with Crippen molar-refractivity contribution in [1.82, 2.24) is 9.47 Å². The normalized spacial score (nSPS) is 24.2. The van der Waals surface area contributed by atoms with Crippen LogP contribution in [0.25, 0.3) is 0 Å². The third-order valence-electron chi connectivity index (χ3n) is 7.82. The van der Waals surface area contributed by atoms with E-state index in [2.05, 4.69) is 4.57 Å². The third kappa shape index (κ3) is 4.08. The minimum Gasteiger partial charge on any atom is -0.461 e. The lowest BCUT2D eigenvalue weighted by atomic mass is 9.79. The number of ether oxygens (including phenoxy) is 1. The monoisotopic (exact) mass is 482 g/mol. The van der Waals surface area contributed by atoms with E-state index in [9.17, 15) is 9.59 Å².